The van der Waals surface area contributed by atoms with Crippen LogP contribution in [0.3, 0.4) is 0 Å². The lowest BCUT2D eigenvalue weighted by Gasteiger charge is -2.31. The van der Waals surface area contributed by atoms with Crippen molar-refractivity contribution < 1.29 is 18.7 Å². The van der Waals surface area contributed by atoms with Gasteiger partial charge in [0.15, 0.2) is 0 Å². The molecule has 1 fully saturated rings. The third-order valence-corrected chi connectivity index (χ3v) is 6.81. The molecule has 6 nitrogen and oxygen atoms in total. The van der Waals surface area contributed by atoms with Gasteiger partial charge in [-0.1, -0.05) is 42.5 Å². The first kappa shape index (κ1) is 23.4. The highest BCUT2D eigenvalue weighted by Crippen LogP contribution is 2.30. The summed E-state index contributed by atoms with van der Waals surface area (Å²) in [6, 6.07) is 20.7. The van der Waals surface area contributed by atoms with Crippen molar-refractivity contribution in [1.29, 1.82) is 0 Å². The number of ether oxygens (including phenoxy) is 2. The van der Waals surface area contributed by atoms with Crippen LogP contribution in [-0.4, -0.2) is 50.3 Å². The Morgan fingerprint density at radius 1 is 1.09 bits per heavy atom. The average molecular weight is 473 g/mol. The zero-order valence-corrected chi connectivity index (χ0v) is 20.2. The van der Waals surface area contributed by atoms with Gasteiger partial charge in [0.1, 0.15) is 17.9 Å². The van der Waals surface area contributed by atoms with Crippen LogP contribution in [0.1, 0.15) is 24.0 Å². The van der Waals surface area contributed by atoms with Gasteiger partial charge in [-0.3, -0.25) is 9.69 Å². The van der Waals surface area contributed by atoms with Crippen molar-refractivity contribution in [3.8, 4) is 5.75 Å². The highest BCUT2D eigenvalue weighted by Gasteiger charge is 2.18. The Bertz CT molecular complexity index is 1290. The Labute approximate surface area is 205 Å². The summed E-state index contributed by atoms with van der Waals surface area (Å²) in [6.45, 7) is 3.65. The Morgan fingerprint density at radius 3 is 2.83 bits per heavy atom. The zero-order valence-electron chi connectivity index (χ0n) is 20.2. The quantitative estimate of drug-likeness (QED) is 0.374. The molecular weight excluding hydrogens is 440 g/mol. The van der Waals surface area contributed by atoms with Crippen LogP contribution in [0, 0.1) is 0 Å². The van der Waals surface area contributed by atoms with E-state index in [0.29, 0.717) is 19.2 Å². The monoisotopic (exact) mass is 472 g/mol. The number of likely N-dealkylation sites (N-methyl/N-ethyl adjacent to an activating group) is 1. The van der Waals surface area contributed by atoms with Gasteiger partial charge in [-0.05, 0) is 54.4 Å². The van der Waals surface area contributed by atoms with Gasteiger partial charge in [0.05, 0.1) is 12.7 Å². The maximum Gasteiger partial charge on any atom is 0.224 e. The number of furan rings is 1. The molecule has 1 amide bonds. The van der Waals surface area contributed by atoms with Crippen LogP contribution in [0.15, 0.2) is 71.3 Å². The lowest BCUT2D eigenvalue weighted by molar-refractivity contribution is -0.120. The SMILES string of the molecule is CN(CCOc1cccc(CNC(=O)Cc2coc3ccc4ccccc4c23)c1)C1CCOCC1. The van der Waals surface area contributed by atoms with Crippen LogP contribution in [0.5, 0.6) is 5.75 Å². The second kappa shape index (κ2) is 10.9. The third kappa shape index (κ3) is 5.66. The molecule has 0 unspecified atom stereocenters. The zero-order chi connectivity index (χ0) is 24.0. The van der Waals surface area contributed by atoms with Crippen molar-refractivity contribution in [3.63, 3.8) is 0 Å². The van der Waals surface area contributed by atoms with E-state index in [0.717, 1.165) is 71.2 Å². The molecule has 0 aliphatic carbocycles. The van der Waals surface area contributed by atoms with Crippen molar-refractivity contribution in [3.05, 3.63) is 78.1 Å². The van der Waals surface area contributed by atoms with Crippen LogP contribution in [0.2, 0.25) is 0 Å². The van der Waals surface area contributed by atoms with Crippen molar-refractivity contribution >= 4 is 27.6 Å². The number of nitrogens with zero attached hydrogens (tertiary/aromatic N) is 1. The second-order valence-electron chi connectivity index (χ2n) is 9.19. The molecular formula is C29H32N2O4. The molecule has 6 heteroatoms. The first-order valence-electron chi connectivity index (χ1n) is 12.3. The second-order valence-corrected chi connectivity index (χ2v) is 9.19. The van der Waals surface area contributed by atoms with Crippen LogP contribution in [-0.2, 0) is 22.5 Å². The molecule has 1 N–H and O–H groups in total. The van der Waals surface area contributed by atoms with E-state index in [1.807, 2.05) is 48.5 Å². The average Bonchev–Trinajstić information content (AvgIpc) is 3.31. The molecule has 1 saturated heterocycles. The van der Waals surface area contributed by atoms with Gasteiger partial charge < -0.3 is 19.2 Å². The summed E-state index contributed by atoms with van der Waals surface area (Å²) in [7, 11) is 2.15. The minimum Gasteiger partial charge on any atom is -0.492 e. The highest BCUT2D eigenvalue weighted by molar-refractivity contribution is 6.08. The lowest BCUT2D eigenvalue weighted by Crippen LogP contribution is -2.38. The number of carbonyl (C=O) groups excluding carboxylic acids is 1. The number of hydrogen-bond donors (Lipinski definition) is 1. The van der Waals surface area contributed by atoms with Gasteiger partial charge in [0.2, 0.25) is 5.91 Å². The molecule has 0 bridgehead atoms. The van der Waals surface area contributed by atoms with Crippen LogP contribution >= 0.6 is 0 Å². The largest absolute Gasteiger partial charge is 0.492 e. The third-order valence-electron chi connectivity index (χ3n) is 6.81. The Morgan fingerprint density at radius 2 is 1.94 bits per heavy atom. The van der Waals surface area contributed by atoms with Gasteiger partial charge in [-0.15, -0.1) is 0 Å². The van der Waals surface area contributed by atoms with Crippen LogP contribution in [0.4, 0.5) is 0 Å². The summed E-state index contributed by atoms with van der Waals surface area (Å²) in [5.41, 5.74) is 2.72. The number of amides is 1. The van der Waals surface area contributed by atoms with E-state index in [9.17, 15) is 4.79 Å². The maximum absolute atomic E-state index is 12.7. The first-order chi connectivity index (χ1) is 17.2. The smallest absolute Gasteiger partial charge is 0.224 e. The predicted molar refractivity (Wildman–Crippen MR) is 138 cm³/mol. The summed E-state index contributed by atoms with van der Waals surface area (Å²) in [6.07, 6.45) is 4.13. The molecule has 0 radical (unpaired) electrons. The van der Waals surface area contributed by atoms with E-state index in [2.05, 4.69) is 29.4 Å². The topological polar surface area (TPSA) is 63.9 Å². The number of hydrogen-bond acceptors (Lipinski definition) is 5. The number of rotatable bonds is 9. The lowest BCUT2D eigenvalue weighted by atomic mass is 10.0. The Hall–Kier alpha value is -3.35. The van der Waals surface area contributed by atoms with Crippen LogP contribution in [0.25, 0.3) is 21.7 Å². The number of fused-ring (bicyclic) bond motifs is 3. The molecule has 0 spiro atoms. The Balaban J connectivity index is 1.14. The van der Waals surface area contributed by atoms with Crippen molar-refractivity contribution in [2.45, 2.75) is 31.8 Å². The van der Waals surface area contributed by atoms with E-state index < -0.39 is 0 Å². The van der Waals surface area contributed by atoms with Gasteiger partial charge >= 0.3 is 0 Å². The van der Waals surface area contributed by atoms with E-state index in [1.54, 1.807) is 6.26 Å². The molecule has 5 rings (SSSR count). The van der Waals surface area contributed by atoms with Gasteiger partial charge in [0.25, 0.3) is 0 Å². The van der Waals surface area contributed by atoms with Gasteiger partial charge in [0, 0.05) is 43.3 Å². The van der Waals surface area contributed by atoms with Crippen LogP contribution < -0.4 is 10.1 Å². The molecule has 1 aliphatic heterocycles. The molecule has 3 aromatic carbocycles. The molecule has 182 valence electrons. The van der Waals surface area contributed by atoms with Crippen molar-refractivity contribution in [2.24, 2.45) is 0 Å². The summed E-state index contributed by atoms with van der Waals surface area (Å²) in [5, 5.41) is 6.29. The van der Waals surface area contributed by atoms with E-state index in [-0.39, 0.29) is 12.3 Å². The first-order valence-corrected chi connectivity index (χ1v) is 12.3. The molecule has 0 atom stereocenters. The minimum atomic E-state index is -0.0370. The summed E-state index contributed by atoms with van der Waals surface area (Å²) in [5.74, 6) is 0.787. The highest BCUT2D eigenvalue weighted by atomic mass is 16.5. The Kier molecular flexibility index (Phi) is 7.31. The van der Waals surface area contributed by atoms with E-state index in [4.69, 9.17) is 13.9 Å². The molecule has 0 saturated carbocycles. The van der Waals surface area contributed by atoms with E-state index in [1.165, 1.54) is 0 Å². The summed E-state index contributed by atoms with van der Waals surface area (Å²) < 4.78 is 17.2. The van der Waals surface area contributed by atoms with Crippen molar-refractivity contribution in [1.82, 2.24) is 10.2 Å². The summed E-state index contributed by atoms with van der Waals surface area (Å²) >= 11 is 0. The minimum absolute atomic E-state index is 0.0370. The number of nitrogens with one attached hydrogen (secondary N) is 1. The molecule has 4 aromatic rings. The molecule has 2 heterocycles. The predicted octanol–water partition coefficient (Wildman–Crippen LogP) is 4.93. The van der Waals surface area contributed by atoms with Gasteiger partial charge in [-0.2, -0.15) is 0 Å². The fraction of sp³-hybridized carbons (Fsp3) is 0.345. The molecule has 35 heavy (non-hydrogen) atoms. The normalized spacial score (nSPS) is 14.6. The molecule has 1 aliphatic rings. The fourth-order valence-electron chi connectivity index (χ4n) is 4.80. The van der Waals surface area contributed by atoms with Crippen molar-refractivity contribution in [2.75, 3.05) is 33.4 Å². The fourth-order valence-corrected chi connectivity index (χ4v) is 4.80. The number of benzene rings is 3. The standard InChI is InChI=1S/C29H32N2O4/c1-31(24-11-14-33-15-12-24)13-16-34-25-7-4-5-21(17-25)19-30-28(32)18-23-20-35-27-10-9-22-6-2-3-8-26(22)29(23)27/h2-10,17,20,24H,11-16,18-19H2,1H3,(H,30,32). The maximum atomic E-state index is 12.7. The summed E-state index contributed by atoms with van der Waals surface area (Å²) in [4.78, 5) is 15.1. The number of carbonyl (C=O) groups is 1. The van der Waals surface area contributed by atoms with Gasteiger partial charge in [-0.25, -0.2) is 0 Å². The van der Waals surface area contributed by atoms with E-state index >= 15 is 0 Å². The molecule has 1 aromatic heterocycles.